The van der Waals surface area contributed by atoms with Crippen LogP contribution in [0, 0.1) is 0 Å². The van der Waals surface area contributed by atoms with Gasteiger partial charge in [0.05, 0.1) is 10.6 Å². The van der Waals surface area contributed by atoms with Crippen molar-refractivity contribution in [2.24, 2.45) is 0 Å². The largest absolute Gasteiger partial charge is 0.482 e. The van der Waals surface area contributed by atoms with Gasteiger partial charge in [0, 0.05) is 18.3 Å². The number of hydrogen-bond acceptors (Lipinski definition) is 5. The first-order chi connectivity index (χ1) is 15.4. The van der Waals surface area contributed by atoms with E-state index in [-0.39, 0.29) is 35.9 Å². The molecule has 2 aromatic rings. The Morgan fingerprint density at radius 3 is 2.69 bits per heavy atom. The summed E-state index contributed by atoms with van der Waals surface area (Å²) in [5.41, 5.74) is 2.26. The molecule has 2 aliphatic heterocycles. The highest BCUT2D eigenvalue weighted by atomic mass is 32.2. The number of benzene rings is 2. The molecule has 3 aliphatic rings. The Morgan fingerprint density at radius 2 is 1.88 bits per heavy atom. The molecule has 0 spiro atoms. The maximum absolute atomic E-state index is 13.1. The van der Waals surface area contributed by atoms with Crippen molar-refractivity contribution in [3.63, 3.8) is 0 Å². The molecule has 32 heavy (non-hydrogen) atoms. The smallest absolute Gasteiger partial charge is 0.265 e. The molecule has 2 aromatic carbocycles. The highest BCUT2D eigenvalue weighted by Gasteiger charge is 2.33. The Morgan fingerprint density at radius 1 is 1.09 bits per heavy atom. The number of carbonyl (C=O) groups excluding carboxylic acids is 2. The quantitative estimate of drug-likeness (QED) is 0.746. The van der Waals surface area contributed by atoms with Crippen LogP contribution < -0.4 is 19.3 Å². The first-order valence-electron chi connectivity index (χ1n) is 10.9. The standard InChI is InChI=1S/C23H25N3O5S/c27-22(25-12-11-16-5-1-4-8-19(16)25)14-26-20-13-18(9-10-21(20)31-15-23(26)28)32(29,30)24-17-6-2-3-7-17/h1,4-5,8-10,13,17,24H,2-3,6-7,11-12,14-15H2. The van der Waals surface area contributed by atoms with Gasteiger partial charge in [-0.2, -0.15) is 0 Å². The summed E-state index contributed by atoms with van der Waals surface area (Å²) in [6, 6.07) is 12.1. The van der Waals surface area contributed by atoms with E-state index in [9.17, 15) is 18.0 Å². The second kappa shape index (κ2) is 8.22. The highest BCUT2D eigenvalue weighted by Crippen LogP contribution is 2.35. The lowest BCUT2D eigenvalue weighted by Crippen LogP contribution is -2.46. The molecule has 2 amide bonds. The van der Waals surface area contributed by atoms with Gasteiger partial charge in [0.2, 0.25) is 15.9 Å². The van der Waals surface area contributed by atoms with Crippen molar-refractivity contribution in [3.8, 4) is 5.75 Å². The van der Waals surface area contributed by atoms with E-state index in [2.05, 4.69) is 4.72 Å². The van der Waals surface area contributed by atoms with Crippen molar-refractivity contribution in [1.82, 2.24) is 4.72 Å². The van der Waals surface area contributed by atoms with Gasteiger partial charge in [0.1, 0.15) is 12.3 Å². The summed E-state index contributed by atoms with van der Waals surface area (Å²) in [6.07, 6.45) is 4.43. The molecular weight excluding hydrogens is 430 g/mol. The zero-order valence-electron chi connectivity index (χ0n) is 17.6. The molecule has 8 nitrogen and oxygen atoms in total. The number of amides is 2. The van der Waals surface area contributed by atoms with Gasteiger partial charge in [-0.3, -0.25) is 14.5 Å². The average molecular weight is 456 g/mol. The molecule has 0 atom stereocenters. The second-order valence-corrected chi connectivity index (χ2v) is 10.1. The van der Waals surface area contributed by atoms with E-state index in [0.717, 1.165) is 43.4 Å². The van der Waals surface area contributed by atoms with Gasteiger partial charge >= 0.3 is 0 Å². The Hall–Kier alpha value is -2.91. The van der Waals surface area contributed by atoms with Gasteiger partial charge in [0.25, 0.3) is 5.91 Å². The van der Waals surface area contributed by atoms with Crippen molar-refractivity contribution in [2.75, 3.05) is 29.5 Å². The first-order valence-corrected chi connectivity index (χ1v) is 12.4. The molecule has 0 bridgehead atoms. The molecule has 1 N–H and O–H groups in total. The summed E-state index contributed by atoms with van der Waals surface area (Å²) in [5, 5.41) is 0. The summed E-state index contributed by atoms with van der Waals surface area (Å²) in [5.74, 6) is -0.204. The summed E-state index contributed by atoms with van der Waals surface area (Å²) < 4.78 is 34.1. The van der Waals surface area contributed by atoms with Crippen LogP contribution >= 0.6 is 0 Å². The minimum Gasteiger partial charge on any atom is -0.482 e. The SMILES string of the molecule is O=C(CN1C(=O)COc2ccc(S(=O)(=O)NC3CCCC3)cc21)N1CCc2ccccc21. The van der Waals surface area contributed by atoms with Crippen molar-refractivity contribution in [3.05, 3.63) is 48.0 Å². The number of rotatable bonds is 5. The van der Waals surface area contributed by atoms with E-state index in [1.165, 1.54) is 17.0 Å². The molecule has 0 radical (unpaired) electrons. The second-order valence-electron chi connectivity index (χ2n) is 8.42. The summed E-state index contributed by atoms with van der Waals surface area (Å²) in [7, 11) is -3.74. The topological polar surface area (TPSA) is 96.0 Å². The number of anilines is 2. The van der Waals surface area contributed by atoms with Crippen LogP contribution in [0.5, 0.6) is 5.75 Å². The third-order valence-corrected chi connectivity index (χ3v) is 7.86. The normalized spacial score (nSPS) is 18.4. The molecule has 5 rings (SSSR count). The Labute approximate surface area is 187 Å². The predicted molar refractivity (Wildman–Crippen MR) is 119 cm³/mol. The fourth-order valence-electron chi connectivity index (χ4n) is 4.67. The van der Waals surface area contributed by atoms with Crippen molar-refractivity contribution >= 4 is 33.2 Å². The zero-order chi connectivity index (χ0) is 22.3. The molecular formula is C23H25N3O5S. The molecule has 2 heterocycles. The van der Waals surface area contributed by atoms with Crippen LogP contribution in [0.25, 0.3) is 0 Å². The molecule has 1 saturated carbocycles. The van der Waals surface area contributed by atoms with Gasteiger partial charge < -0.3 is 9.64 Å². The number of carbonyl (C=O) groups is 2. The summed E-state index contributed by atoms with van der Waals surface area (Å²) in [4.78, 5) is 28.8. The third kappa shape index (κ3) is 3.86. The number of sulfonamides is 1. The Balaban J connectivity index is 1.41. The first kappa shape index (κ1) is 21.0. The summed E-state index contributed by atoms with van der Waals surface area (Å²) in [6.45, 7) is 0.190. The lowest BCUT2D eigenvalue weighted by molar-refractivity contribution is -0.124. The molecule has 0 unspecified atom stereocenters. The fourth-order valence-corrected chi connectivity index (χ4v) is 6.00. The van der Waals surface area contributed by atoms with Crippen molar-refractivity contribution < 1.29 is 22.7 Å². The van der Waals surface area contributed by atoms with Crippen LogP contribution in [0.3, 0.4) is 0 Å². The van der Waals surface area contributed by atoms with Crippen LogP contribution in [0.4, 0.5) is 11.4 Å². The van der Waals surface area contributed by atoms with Crippen LogP contribution in [0.1, 0.15) is 31.2 Å². The zero-order valence-corrected chi connectivity index (χ0v) is 18.4. The Kier molecular flexibility index (Phi) is 5.38. The minimum atomic E-state index is -3.74. The van der Waals surface area contributed by atoms with E-state index < -0.39 is 10.0 Å². The number of ether oxygens (including phenoxy) is 1. The molecule has 1 aliphatic carbocycles. The number of fused-ring (bicyclic) bond motifs is 2. The number of para-hydroxylation sites is 1. The van der Waals surface area contributed by atoms with Gasteiger partial charge in [-0.1, -0.05) is 31.0 Å². The van der Waals surface area contributed by atoms with Crippen molar-refractivity contribution in [2.45, 2.75) is 43.0 Å². The van der Waals surface area contributed by atoms with E-state index >= 15 is 0 Å². The monoisotopic (exact) mass is 455 g/mol. The van der Waals surface area contributed by atoms with E-state index in [4.69, 9.17) is 4.74 Å². The Bertz CT molecular complexity index is 1170. The highest BCUT2D eigenvalue weighted by molar-refractivity contribution is 7.89. The van der Waals surface area contributed by atoms with Crippen LogP contribution in [0.2, 0.25) is 0 Å². The average Bonchev–Trinajstić information content (AvgIpc) is 3.44. The van der Waals surface area contributed by atoms with E-state index in [1.54, 1.807) is 11.0 Å². The molecule has 0 saturated heterocycles. The van der Waals surface area contributed by atoms with Gasteiger partial charge in [-0.05, 0) is 49.1 Å². The van der Waals surface area contributed by atoms with Crippen molar-refractivity contribution in [1.29, 1.82) is 0 Å². The van der Waals surface area contributed by atoms with Gasteiger partial charge in [0.15, 0.2) is 6.61 Å². The lowest BCUT2D eigenvalue weighted by atomic mass is 10.2. The number of nitrogens with one attached hydrogen (secondary N) is 1. The maximum Gasteiger partial charge on any atom is 0.265 e. The lowest BCUT2D eigenvalue weighted by Gasteiger charge is -2.30. The van der Waals surface area contributed by atoms with Gasteiger partial charge in [-0.25, -0.2) is 13.1 Å². The molecule has 168 valence electrons. The predicted octanol–water partition coefficient (Wildman–Crippen LogP) is 2.22. The molecule has 1 fully saturated rings. The van der Waals surface area contributed by atoms with Gasteiger partial charge in [-0.15, -0.1) is 0 Å². The minimum absolute atomic E-state index is 0.0606. The number of nitrogens with zero attached hydrogens (tertiary/aromatic N) is 2. The molecule has 9 heteroatoms. The maximum atomic E-state index is 13.1. The summed E-state index contributed by atoms with van der Waals surface area (Å²) >= 11 is 0. The fraction of sp³-hybridized carbons (Fsp3) is 0.391. The number of hydrogen-bond donors (Lipinski definition) is 1. The molecule has 0 aromatic heterocycles. The third-order valence-electron chi connectivity index (χ3n) is 6.34. The van der Waals surface area contributed by atoms with Crippen LogP contribution in [-0.4, -0.2) is 46.0 Å². The van der Waals surface area contributed by atoms with Crippen LogP contribution in [0.15, 0.2) is 47.4 Å². The van der Waals surface area contributed by atoms with E-state index in [1.807, 2.05) is 24.3 Å². The van der Waals surface area contributed by atoms with Crippen LogP contribution in [-0.2, 0) is 26.0 Å². The van der Waals surface area contributed by atoms with E-state index in [0.29, 0.717) is 18.0 Å².